The molecule has 136 valence electrons. The lowest BCUT2D eigenvalue weighted by Crippen LogP contribution is -2.54. The van der Waals surface area contributed by atoms with Crippen molar-refractivity contribution in [2.75, 3.05) is 20.8 Å². The molecule has 1 aromatic rings. The predicted molar refractivity (Wildman–Crippen MR) is 95.1 cm³/mol. The SMILES string of the molecule is COc1ccc(CN(C)CN2C(=O)N[C@]3(CCCC[C@H]3C)C2=O)cc1. The van der Waals surface area contributed by atoms with E-state index in [1.807, 2.05) is 36.2 Å². The highest BCUT2D eigenvalue weighted by Crippen LogP contribution is 2.38. The molecule has 1 aliphatic carbocycles. The third-order valence-electron chi connectivity index (χ3n) is 5.50. The molecule has 0 radical (unpaired) electrons. The summed E-state index contributed by atoms with van der Waals surface area (Å²) in [6, 6.07) is 7.54. The number of carbonyl (C=O) groups is 2. The maximum atomic E-state index is 13.0. The lowest BCUT2D eigenvalue weighted by Gasteiger charge is -2.37. The number of rotatable bonds is 5. The fourth-order valence-electron chi connectivity index (χ4n) is 3.96. The van der Waals surface area contributed by atoms with Crippen LogP contribution in [0.2, 0.25) is 0 Å². The number of hydrogen-bond donors (Lipinski definition) is 1. The highest BCUT2D eigenvalue weighted by molar-refractivity contribution is 6.07. The van der Waals surface area contributed by atoms with Crippen LogP contribution in [0.15, 0.2) is 24.3 Å². The molecular formula is C19H27N3O3. The maximum absolute atomic E-state index is 13.0. The number of hydrogen-bond acceptors (Lipinski definition) is 4. The molecule has 25 heavy (non-hydrogen) atoms. The first kappa shape index (κ1) is 17.7. The van der Waals surface area contributed by atoms with Gasteiger partial charge in [-0.2, -0.15) is 0 Å². The Kier molecular flexibility index (Phi) is 4.99. The third-order valence-corrected chi connectivity index (χ3v) is 5.50. The molecular weight excluding hydrogens is 318 g/mol. The molecule has 1 saturated heterocycles. The molecule has 6 heteroatoms. The van der Waals surface area contributed by atoms with Gasteiger partial charge in [0.05, 0.1) is 13.8 Å². The first-order valence-corrected chi connectivity index (χ1v) is 8.92. The van der Waals surface area contributed by atoms with Crippen LogP contribution < -0.4 is 10.1 Å². The van der Waals surface area contributed by atoms with Crippen molar-refractivity contribution in [3.05, 3.63) is 29.8 Å². The molecule has 6 nitrogen and oxygen atoms in total. The summed E-state index contributed by atoms with van der Waals surface area (Å²) in [5.74, 6) is 0.939. The van der Waals surface area contributed by atoms with Gasteiger partial charge in [-0.05, 0) is 43.5 Å². The second kappa shape index (κ2) is 7.04. The molecule has 0 bridgehead atoms. The molecule has 2 atom stereocenters. The van der Waals surface area contributed by atoms with Crippen LogP contribution in [0, 0.1) is 5.92 Å². The average Bonchev–Trinajstić information content (AvgIpc) is 2.83. The molecule has 2 aliphatic rings. The second-order valence-corrected chi connectivity index (χ2v) is 7.29. The topological polar surface area (TPSA) is 61.9 Å². The van der Waals surface area contributed by atoms with Crippen LogP contribution in [0.4, 0.5) is 4.79 Å². The van der Waals surface area contributed by atoms with Crippen molar-refractivity contribution in [3.63, 3.8) is 0 Å². The number of amides is 3. The van der Waals surface area contributed by atoms with E-state index >= 15 is 0 Å². The van der Waals surface area contributed by atoms with Crippen LogP contribution in [0.25, 0.3) is 0 Å². The molecule has 2 fully saturated rings. The van der Waals surface area contributed by atoms with Crippen molar-refractivity contribution < 1.29 is 14.3 Å². The van der Waals surface area contributed by atoms with Crippen LogP contribution in [0.3, 0.4) is 0 Å². The summed E-state index contributed by atoms with van der Waals surface area (Å²) in [6.07, 6.45) is 3.86. The Balaban J connectivity index is 1.65. The third kappa shape index (κ3) is 3.35. The largest absolute Gasteiger partial charge is 0.497 e. The Bertz CT molecular complexity index is 646. The zero-order valence-corrected chi connectivity index (χ0v) is 15.2. The van der Waals surface area contributed by atoms with Gasteiger partial charge in [0, 0.05) is 6.54 Å². The van der Waals surface area contributed by atoms with E-state index in [0.717, 1.165) is 37.0 Å². The van der Waals surface area contributed by atoms with E-state index in [9.17, 15) is 9.59 Å². The first-order valence-electron chi connectivity index (χ1n) is 8.92. The predicted octanol–water partition coefficient (Wildman–Crippen LogP) is 2.59. The van der Waals surface area contributed by atoms with Crippen molar-refractivity contribution in [2.45, 2.75) is 44.7 Å². The number of imide groups is 1. The summed E-state index contributed by atoms with van der Waals surface area (Å²) in [5, 5.41) is 3.00. The highest BCUT2D eigenvalue weighted by Gasteiger charge is 2.54. The summed E-state index contributed by atoms with van der Waals surface area (Å²) >= 11 is 0. The normalized spacial score (nSPS) is 26.4. The minimum Gasteiger partial charge on any atom is -0.497 e. The van der Waals surface area contributed by atoms with Crippen LogP contribution in [0.1, 0.15) is 38.2 Å². The number of urea groups is 1. The second-order valence-electron chi connectivity index (χ2n) is 7.29. The Labute approximate surface area is 149 Å². The van der Waals surface area contributed by atoms with Gasteiger partial charge in [-0.15, -0.1) is 0 Å². The molecule has 1 saturated carbocycles. The standard InChI is InChI=1S/C19H27N3O3/c1-14-6-4-5-11-19(14)17(23)22(18(24)20-19)13-21(2)12-15-7-9-16(25-3)10-8-15/h7-10,14H,4-6,11-13H2,1-3H3,(H,20,24)/t14-,19+/m1/s1. The van der Waals surface area contributed by atoms with Crippen molar-refractivity contribution in [1.82, 2.24) is 15.1 Å². The van der Waals surface area contributed by atoms with E-state index in [2.05, 4.69) is 12.2 Å². The maximum Gasteiger partial charge on any atom is 0.326 e. The van der Waals surface area contributed by atoms with Crippen molar-refractivity contribution in [1.29, 1.82) is 0 Å². The van der Waals surface area contributed by atoms with E-state index in [0.29, 0.717) is 13.2 Å². The van der Waals surface area contributed by atoms with Crippen LogP contribution in [0.5, 0.6) is 5.75 Å². The van der Waals surface area contributed by atoms with Gasteiger partial charge in [0.25, 0.3) is 5.91 Å². The molecule has 3 rings (SSSR count). The lowest BCUT2D eigenvalue weighted by atomic mass is 9.73. The van der Waals surface area contributed by atoms with E-state index in [1.165, 1.54) is 4.90 Å². The summed E-state index contributed by atoms with van der Waals surface area (Å²) in [5.41, 5.74) is 0.423. The first-order chi connectivity index (χ1) is 12.0. The molecule has 3 amide bonds. The van der Waals surface area contributed by atoms with Gasteiger partial charge < -0.3 is 10.1 Å². The molecule has 0 unspecified atom stereocenters. The zero-order valence-electron chi connectivity index (χ0n) is 15.2. The van der Waals surface area contributed by atoms with Gasteiger partial charge in [0.15, 0.2) is 0 Å². The van der Waals surface area contributed by atoms with Gasteiger partial charge in [0.2, 0.25) is 0 Å². The summed E-state index contributed by atoms with van der Waals surface area (Å²) in [6.45, 7) is 3.02. The monoisotopic (exact) mass is 345 g/mol. The van der Waals surface area contributed by atoms with E-state index in [1.54, 1.807) is 7.11 Å². The van der Waals surface area contributed by atoms with Crippen molar-refractivity contribution >= 4 is 11.9 Å². The van der Waals surface area contributed by atoms with Gasteiger partial charge in [-0.1, -0.05) is 31.9 Å². The smallest absolute Gasteiger partial charge is 0.326 e. The molecule has 1 N–H and O–H groups in total. The fourth-order valence-corrected chi connectivity index (χ4v) is 3.96. The summed E-state index contributed by atoms with van der Waals surface area (Å²) in [7, 11) is 3.56. The van der Waals surface area contributed by atoms with E-state index in [-0.39, 0.29) is 17.9 Å². The van der Waals surface area contributed by atoms with E-state index in [4.69, 9.17) is 4.74 Å². The molecule has 1 aliphatic heterocycles. The lowest BCUT2D eigenvalue weighted by molar-refractivity contribution is -0.135. The van der Waals surface area contributed by atoms with Crippen molar-refractivity contribution in [2.24, 2.45) is 5.92 Å². The molecule has 0 aromatic heterocycles. The number of ether oxygens (including phenoxy) is 1. The Morgan fingerprint density at radius 3 is 2.64 bits per heavy atom. The minimum atomic E-state index is -0.684. The van der Waals surface area contributed by atoms with Gasteiger partial charge >= 0.3 is 6.03 Å². The quantitative estimate of drug-likeness (QED) is 0.833. The average molecular weight is 345 g/mol. The van der Waals surface area contributed by atoms with Crippen LogP contribution >= 0.6 is 0 Å². The number of benzene rings is 1. The number of nitrogens with zero attached hydrogens (tertiary/aromatic N) is 2. The van der Waals surface area contributed by atoms with Crippen molar-refractivity contribution in [3.8, 4) is 5.75 Å². The summed E-state index contributed by atoms with van der Waals surface area (Å²) in [4.78, 5) is 28.7. The minimum absolute atomic E-state index is 0.0636. The Morgan fingerprint density at radius 1 is 1.28 bits per heavy atom. The Hall–Kier alpha value is -2.08. The molecule has 1 spiro atoms. The van der Waals surface area contributed by atoms with Gasteiger partial charge in [-0.25, -0.2) is 9.69 Å². The number of methoxy groups -OCH3 is 1. The number of nitrogens with one attached hydrogen (secondary N) is 1. The zero-order chi connectivity index (χ0) is 18.0. The van der Waals surface area contributed by atoms with Crippen LogP contribution in [-0.2, 0) is 11.3 Å². The van der Waals surface area contributed by atoms with Gasteiger partial charge in [-0.3, -0.25) is 9.69 Å². The summed E-state index contributed by atoms with van der Waals surface area (Å²) < 4.78 is 5.16. The fraction of sp³-hybridized carbons (Fsp3) is 0.579. The number of carbonyl (C=O) groups excluding carboxylic acids is 2. The highest BCUT2D eigenvalue weighted by atomic mass is 16.5. The van der Waals surface area contributed by atoms with E-state index < -0.39 is 5.54 Å². The Morgan fingerprint density at radius 2 is 2.00 bits per heavy atom. The van der Waals surface area contributed by atoms with Crippen LogP contribution in [-0.4, -0.2) is 48.1 Å². The van der Waals surface area contributed by atoms with Gasteiger partial charge in [0.1, 0.15) is 11.3 Å². The molecule has 1 aromatic carbocycles. The molecule has 1 heterocycles.